The van der Waals surface area contributed by atoms with Crippen molar-refractivity contribution in [3.05, 3.63) is 63.2 Å². The van der Waals surface area contributed by atoms with Crippen LogP contribution < -0.4 is 10.1 Å². The molecule has 2 rings (SSSR count). The monoisotopic (exact) mass is 306 g/mol. The number of methoxy groups -OCH3 is 1. The highest BCUT2D eigenvalue weighted by Gasteiger charge is 2.21. The van der Waals surface area contributed by atoms with Crippen molar-refractivity contribution in [3.63, 3.8) is 0 Å². The van der Waals surface area contributed by atoms with Crippen LogP contribution in [0, 0.1) is 10.1 Å². The number of halogens is 1. The first-order chi connectivity index (χ1) is 10.0. The fraction of sp³-hybridized carbons (Fsp3) is 0.200. The minimum absolute atomic E-state index is 0.0751. The van der Waals surface area contributed by atoms with Gasteiger partial charge in [-0.05, 0) is 36.8 Å². The Morgan fingerprint density at radius 3 is 2.62 bits per heavy atom. The third-order valence-electron chi connectivity index (χ3n) is 3.12. The Labute approximate surface area is 127 Å². The molecule has 0 saturated heterocycles. The maximum absolute atomic E-state index is 11.2. The first-order valence-electron chi connectivity index (χ1n) is 6.36. The van der Waals surface area contributed by atoms with Gasteiger partial charge < -0.3 is 10.1 Å². The van der Waals surface area contributed by atoms with Gasteiger partial charge in [0.25, 0.3) is 0 Å². The number of anilines is 1. The summed E-state index contributed by atoms with van der Waals surface area (Å²) in [5, 5.41) is 15.0. The summed E-state index contributed by atoms with van der Waals surface area (Å²) in [5.41, 5.74) is 1.28. The van der Waals surface area contributed by atoms with Crippen LogP contribution in [-0.2, 0) is 0 Å². The largest absolute Gasteiger partial charge is 0.490 e. The van der Waals surface area contributed by atoms with E-state index in [0.717, 1.165) is 5.56 Å². The molecule has 0 aliphatic heterocycles. The van der Waals surface area contributed by atoms with Gasteiger partial charge in [0.2, 0.25) is 0 Å². The van der Waals surface area contributed by atoms with Crippen molar-refractivity contribution < 1.29 is 9.66 Å². The SMILES string of the molecule is COc1cccc(NC(C)c2cccc(Cl)c2)c1[N+](=O)[O-]. The Morgan fingerprint density at radius 2 is 2.00 bits per heavy atom. The van der Waals surface area contributed by atoms with Crippen LogP contribution in [0.4, 0.5) is 11.4 Å². The molecule has 0 aliphatic rings. The number of benzene rings is 2. The maximum Gasteiger partial charge on any atom is 0.333 e. The normalized spacial score (nSPS) is 11.8. The predicted molar refractivity (Wildman–Crippen MR) is 83.1 cm³/mol. The van der Waals surface area contributed by atoms with Crippen molar-refractivity contribution in [2.45, 2.75) is 13.0 Å². The summed E-state index contributed by atoms with van der Waals surface area (Å²) in [4.78, 5) is 10.8. The van der Waals surface area contributed by atoms with E-state index in [1.165, 1.54) is 7.11 Å². The summed E-state index contributed by atoms with van der Waals surface area (Å²) < 4.78 is 5.05. The molecule has 21 heavy (non-hydrogen) atoms. The molecule has 0 saturated carbocycles. The fourth-order valence-electron chi connectivity index (χ4n) is 2.08. The molecule has 0 bridgehead atoms. The second kappa shape index (κ2) is 6.45. The Kier molecular flexibility index (Phi) is 4.65. The van der Waals surface area contributed by atoms with Gasteiger partial charge in [0.1, 0.15) is 5.69 Å². The lowest BCUT2D eigenvalue weighted by atomic mass is 10.1. The molecule has 0 aromatic heterocycles. The number of nitrogens with one attached hydrogen (secondary N) is 1. The van der Waals surface area contributed by atoms with E-state index in [0.29, 0.717) is 10.7 Å². The van der Waals surface area contributed by atoms with Crippen molar-refractivity contribution in [2.24, 2.45) is 0 Å². The summed E-state index contributed by atoms with van der Waals surface area (Å²) >= 11 is 5.97. The van der Waals surface area contributed by atoms with E-state index in [1.807, 2.05) is 25.1 Å². The maximum atomic E-state index is 11.2. The quantitative estimate of drug-likeness (QED) is 0.655. The molecular weight excluding hydrogens is 292 g/mol. The molecule has 5 nitrogen and oxygen atoms in total. The van der Waals surface area contributed by atoms with E-state index in [4.69, 9.17) is 16.3 Å². The molecule has 1 atom stereocenters. The Hall–Kier alpha value is -2.27. The zero-order valence-electron chi connectivity index (χ0n) is 11.7. The molecule has 2 aromatic rings. The van der Waals surface area contributed by atoms with Gasteiger partial charge in [-0.15, -0.1) is 0 Å². The van der Waals surface area contributed by atoms with Crippen LogP contribution in [-0.4, -0.2) is 12.0 Å². The van der Waals surface area contributed by atoms with Crippen molar-refractivity contribution >= 4 is 23.0 Å². The molecule has 0 amide bonds. The van der Waals surface area contributed by atoms with Gasteiger partial charge in [-0.3, -0.25) is 10.1 Å². The summed E-state index contributed by atoms with van der Waals surface area (Å²) in [7, 11) is 1.41. The molecule has 6 heteroatoms. The lowest BCUT2D eigenvalue weighted by Crippen LogP contribution is -2.09. The average molecular weight is 307 g/mol. The van der Waals surface area contributed by atoms with E-state index in [-0.39, 0.29) is 17.5 Å². The highest BCUT2D eigenvalue weighted by atomic mass is 35.5. The van der Waals surface area contributed by atoms with Crippen LogP contribution in [0.3, 0.4) is 0 Å². The molecule has 2 aromatic carbocycles. The predicted octanol–water partition coefficient (Wildman–Crippen LogP) is 4.43. The second-order valence-corrected chi connectivity index (χ2v) is 4.97. The Morgan fingerprint density at radius 1 is 1.29 bits per heavy atom. The summed E-state index contributed by atoms with van der Waals surface area (Å²) in [6, 6.07) is 12.2. The van der Waals surface area contributed by atoms with Crippen molar-refractivity contribution in [1.82, 2.24) is 0 Å². The molecule has 1 unspecified atom stereocenters. The molecule has 0 spiro atoms. The topological polar surface area (TPSA) is 64.4 Å². The van der Waals surface area contributed by atoms with Crippen LogP contribution >= 0.6 is 11.6 Å². The number of nitro benzene ring substituents is 1. The highest BCUT2D eigenvalue weighted by Crippen LogP contribution is 2.36. The number of rotatable bonds is 5. The minimum atomic E-state index is -0.453. The van der Waals surface area contributed by atoms with E-state index in [9.17, 15) is 10.1 Å². The van der Waals surface area contributed by atoms with Gasteiger partial charge >= 0.3 is 5.69 Å². The van der Waals surface area contributed by atoms with Crippen LogP contribution in [0.1, 0.15) is 18.5 Å². The van der Waals surface area contributed by atoms with Gasteiger partial charge in [0.05, 0.1) is 12.0 Å². The molecule has 0 aliphatic carbocycles. The Balaban J connectivity index is 2.33. The summed E-state index contributed by atoms with van der Waals surface area (Å²) in [6.07, 6.45) is 0. The van der Waals surface area contributed by atoms with Crippen LogP contribution in [0.15, 0.2) is 42.5 Å². The first-order valence-corrected chi connectivity index (χ1v) is 6.74. The Bertz CT molecular complexity index is 661. The molecule has 110 valence electrons. The third-order valence-corrected chi connectivity index (χ3v) is 3.36. The standard InChI is InChI=1S/C15H15ClN2O3/c1-10(11-5-3-6-12(16)9-11)17-13-7-4-8-14(21-2)15(13)18(19)20/h3-10,17H,1-2H3. The first kappa shape index (κ1) is 15.1. The zero-order valence-corrected chi connectivity index (χ0v) is 12.4. The number of hydrogen-bond acceptors (Lipinski definition) is 4. The number of nitro groups is 1. The smallest absolute Gasteiger partial charge is 0.333 e. The molecular formula is C15H15ClN2O3. The lowest BCUT2D eigenvalue weighted by molar-refractivity contribution is -0.384. The molecule has 0 fully saturated rings. The molecule has 0 radical (unpaired) electrons. The number of ether oxygens (including phenoxy) is 1. The summed E-state index contributed by atoms with van der Waals surface area (Å²) in [6.45, 7) is 1.91. The molecule has 0 heterocycles. The number of hydrogen-bond donors (Lipinski definition) is 1. The van der Waals surface area contributed by atoms with Crippen molar-refractivity contribution in [2.75, 3.05) is 12.4 Å². The lowest BCUT2D eigenvalue weighted by Gasteiger charge is -2.16. The van der Waals surface area contributed by atoms with Crippen LogP contribution in [0.5, 0.6) is 5.75 Å². The highest BCUT2D eigenvalue weighted by molar-refractivity contribution is 6.30. The minimum Gasteiger partial charge on any atom is -0.490 e. The van der Waals surface area contributed by atoms with E-state index in [2.05, 4.69) is 5.32 Å². The van der Waals surface area contributed by atoms with Gasteiger partial charge in [0, 0.05) is 11.1 Å². The van der Waals surface area contributed by atoms with E-state index >= 15 is 0 Å². The average Bonchev–Trinajstić information content (AvgIpc) is 2.46. The number of nitrogens with zero attached hydrogens (tertiary/aromatic N) is 1. The third kappa shape index (κ3) is 3.44. The second-order valence-electron chi connectivity index (χ2n) is 4.53. The number of para-hydroxylation sites is 1. The van der Waals surface area contributed by atoms with Gasteiger partial charge in [-0.25, -0.2) is 0 Å². The van der Waals surface area contributed by atoms with Gasteiger partial charge in [-0.2, -0.15) is 0 Å². The van der Waals surface area contributed by atoms with Crippen LogP contribution in [0.25, 0.3) is 0 Å². The van der Waals surface area contributed by atoms with Gasteiger partial charge in [0.15, 0.2) is 5.75 Å². The summed E-state index contributed by atoms with van der Waals surface area (Å²) in [5.74, 6) is 0.225. The zero-order chi connectivity index (χ0) is 15.4. The van der Waals surface area contributed by atoms with Crippen LogP contribution in [0.2, 0.25) is 5.02 Å². The van der Waals surface area contributed by atoms with Gasteiger partial charge in [-0.1, -0.05) is 29.8 Å². The molecule has 1 N–H and O–H groups in total. The van der Waals surface area contributed by atoms with Crippen molar-refractivity contribution in [1.29, 1.82) is 0 Å². The fourth-order valence-corrected chi connectivity index (χ4v) is 2.28. The van der Waals surface area contributed by atoms with E-state index in [1.54, 1.807) is 24.3 Å². The van der Waals surface area contributed by atoms with Crippen molar-refractivity contribution in [3.8, 4) is 5.75 Å². The van der Waals surface area contributed by atoms with E-state index < -0.39 is 4.92 Å².